The molecule has 0 spiro atoms. The third kappa shape index (κ3) is 2.58. The van der Waals surface area contributed by atoms with Gasteiger partial charge in [-0.15, -0.1) is 0 Å². The maximum atomic E-state index is 13.1. The van der Waals surface area contributed by atoms with Crippen LogP contribution >= 0.6 is 0 Å². The second-order valence-corrected chi connectivity index (χ2v) is 5.17. The molecule has 1 amide bonds. The van der Waals surface area contributed by atoms with Gasteiger partial charge in [0.2, 0.25) is 0 Å². The van der Waals surface area contributed by atoms with Gasteiger partial charge in [0.1, 0.15) is 17.2 Å². The molecule has 0 aliphatic carbocycles. The first kappa shape index (κ1) is 13.5. The van der Waals surface area contributed by atoms with Crippen LogP contribution in [0, 0.1) is 11.7 Å². The van der Waals surface area contributed by atoms with Crippen LogP contribution in [-0.2, 0) is 4.79 Å². The van der Waals surface area contributed by atoms with Crippen molar-refractivity contribution >= 4 is 17.5 Å². The van der Waals surface area contributed by atoms with E-state index >= 15 is 0 Å². The molecule has 21 heavy (non-hydrogen) atoms. The van der Waals surface area contributed by atoms with Gasteiger partial charge in [-0.25, -0.2) is 9.37 Å². The van der Waals surface area contributed by atoms with E-state index in [0.717, 1.165) is 0 Å². The van der Waals surface area contributed by atoms with Gasteiger partial charge in [-0.2, -0.15) is 0 Å². The first-order chi connectivity index (χ1) is 10.0. The zero-order chi connectivity index (χ0) is 15.0. The van der Waals surface area contributed by atoms with Crippen LogP contribution in [0.25, 0.3) is 5.65 Å². The van der Waals surface area contributed by atoms with E-state index in [1.165, 1.54) is 33.8 Å². The smallest absolute Gasteiger partial charge is 0.308 e. The topological polar surface area (TPSA) is 74.9 Å². The number of aliphatic carboxylic acids is 1. The van der Waals surface area contributed by atoms with Crippen molar-refractivity contribution in [2.45, 2.75) is 12.8 Å². The average Bonchev–Trinajstić information content (AvgIpc) is 2.89. The quantitative estimate of drug-likeness (QED) is 0.907. The average molecular weight is 291 g/mol. The molecule has 1 saturated heterocycles. The standard InChI is InChI=1S/C14H14FN3O3/c15-10-3-4-12-16-11(8-18(12)7-10)13(19)17-5-1-2-9(6-17)14(20)21/h3-4,7-9H,1-2,5-6H2,(H,20,21). The molecule has 3 heterocycles. The van der Waals surface area contributed by atoms with Crippen LogP contribution in [0.5, 0.6) is 0 Å². The summed E-state index contributed by atoms with van der Waals surface area (Å²) < 4.78 is 14.6. The molecule has 1 aliphatic heterocycles. The zero-order valence-corrected chi connectivity index (χ0v) is 11.2. The predicted molar refractivity (Wildman–Crippen MR) is 71.4 cm³/mol. The number of piperidine rings is 1. The summed E-state index contributed by atoms with van der Waals surface area (Å²) in [5.74, 6) is -2.14. The molecule has 7 heteroatoms. The number of likely N-dealkylation sites (tertiary alicyclic amines) is 1. The van der Waals surface area contributed by atoms with Gasteiger partial charge < -0.3 is 14.4 Å². The lowest BCUT2D eigenvalue weighted by Gasteiger charge is -2.30. The number of aromatic nitrogens is 2. The van der Waals surface area contributed by atoms with E-state index in [0.29, 0.717) is 25.0 Å². The summed E-state index contributed by atoms with van der Waals surface area (Å²) in [5.41, 5.74) is 0.679. The number of carbonyl (C=O) groups is 2. The molecule has 1 aliphatic rings. The number of imidazole rings is 1. The molecular weight excluding hydrogens is 277 g/mol. The molecule has 1 atom stereocenters. The van der Waals surface area contributed by atoms with Crippen molar-refractivity contribution in [2.75, 3.05) is 13.1 Å². The first-order valence-corrected chi connectivity index (χ1v) is 6.71. The maximum Gasteiger partial charge on any atom is 0.308 e. The summed E-state index contributed by atoms with van der Waals surface area (Å²) in [5, 5.41) is 9.05. The van der Waals surface area contributed by atoms with Crippen LogP contribution in [0.2, 0.25) is 0 Å². The van der Waals surface area contributed by atoms with Gasteiger partial charge in [-0.1, -0.05) is 0 Å². The number of rotatable bonds is 2. The second kappa shape index (κ2) is 5.16. The van der Waals surface area contributed by atoms with E-state index in [9.17, 15) is 14.0 Å². The highest BCUT2D eigenvalue weighted by Gasteiger charge is 2.29. The van der Waals surface area contributed by atoms with Crippen LogP contribution in [-0.4, -0.2) is 44.4 Å². The molecule has 0 bridgehead atoms. The van der Waals surface area contributed by atoms with Crippen molar-refractivity contribution < 1.29 is 19.1 Å². The number of hydrogen-bond donors (Lipinski definition) is 1. The van der Waals surface area contributed by atoms with Crippen LogP contribution in [0.3, 0.4) is 0 Å². The largest absolute Gasteiger partial charge is 0.481 e. The van der Waals surface area contributed by atoms with E-state index in [2.05, 4.69) is 4.98 Å². The number of carboxylic acid groups (broad SMARTS) is 1. The van der Waals surface area contributed by atoms with Crippen molar-refractivity contribution in [3.8, 4) is 0 Å². The Balaban J connectivity index is 1.84. The highest BCUT2D eigenvalue weighted by atomic mass is 19.1. The Bertz CT molecular complexity index is 713. The van der Waals surface area contributed by atoms with E-state index in [4.69, 9.17) is 5.11 Å². The molecule has 0 aromatic carbocycles. The van der Waals surface area contributed by atoms with Crippen LogP contribution in [0.15, 0.2) is 24.5 Å². The Morgan fingerprint density at radius 3 is 2.90 bits per heavy atom. The van der Waals surface area contributed by atoms with Gasteiger partial charge in [0.25, 0.3) is 5.91 Å². The van der Waals surface area contributed by atoms with Gasteiger partial charge >= 0.3 is 5.97 Å². The normalized spacial score (nSPS) is 18.9. The van der Waals surface area contributed by atoms with Crippen LogP contribution in [0.1, 0.15) is 23.3 Å². The number of carboxylic acids is 1. The summed E-state index contributed by atoms with van der Waals surface area (Å²) in [7, 11) is 0. The number of amides is 1. The minimum absolute atomic E-state index is 0.191. The fourth-order valence-electron chi connectivity index (χ4n) is 2.59. The summed E-state index contributed by atoms with van der Waals surface area (Å²) in [4.78, 5) is 29.1. The Kier molecular flexibility index (Phi) is 3.32. The molecule has 1 fully saturated rings. The van der Waals surface area contributed by atoms with Crippen LogP contribution in [0.4, 0.5) is 4.39 Å². The number of hydrogen-bond acceptors (Lipinski definition) is 3. The van der Waals surface area contributed by atoms with E-state index in [1.807, 2.05) is 0 Å². The van der Waals surface area contributed by atoms with Crippen molar-refractivity contribution in [1.82, 2.24) is 14.3 Å². The number of pyridine rings is 1. The van der Waals surface area contributed by atoms with Gasteiger partial charge in [0.15, 0.2) is 0 Å². The highest BCUT2D eigenvalue weighted by molar-refractivity contribution is 5.93. The lowest BCUT2D eigenvalue weighted by molar-refractivity contribution is -0.143. The monoisotopic (exact) mass is 291 g/mol. The minimum atomic E-state index is -0.885. The molecule has 2 aromatic heterocycles. The minimum Gasteiger partial charge on any atom is -0.481 e. The number of carbonyl (C=O) groups excluding carboxylic acids is 1. The van der Waals surface area contributed by atoms with E-state index in [1.54, 1.807) is 0 Å². The lowest BCUT2D eigenvalue weighted by atomic mass is 9.98. The predicted octanol–water partition coefficient (Wildman–Crippen LogP) is 1.41. The molecule has 1 unspecified atom stereocenters. The zero-order valence-electron chi connectivity index (χ0n) is 11.2. The van der Waals surface area contributed by atoms with Crippen LogP contribution < -0.4 is 0 Å². The number of fused-ring (bicyclic) bond motifs is 1. The molecule has 1 N–H and O–H groups in total. The van der Waals surface area contributed by atoms with E-state index in [-0.39, 0.29) is 18.1 Å². The highest BCUT2D eigenvalue weighted by Crippen LogP contribution is 2.19. The van der Waals surface area contributed by atoms with Gasteiger partial charge in [0, 0.05) is 25.5 Å². The van der Waals surface area contributed by atoms with Crippen molar-refractivity contribution in [1.29, 1.82) is 0 Å². The SMILES string of the molecule is O=C(O)C1CCCN(C(=O)c2cn3cc(F)ccc3n2)C1. The maximum absolute atomic E-state index is 13.1. The summed E-state index contributed by atoms with van der Waals surface area (Å²) >= 11 is 0. The van der Waals surface area contributed by atoms with Gasteiger partial charge in [0.05, 0.1) is 5.92 Å². The molecule has 0 radical (unpaired) electrons. The summed E-state index contributed by atoms with van der Waals surface area (Å²) in [6, 6.07) is 2.76. The third-order valence-corrected chi connectivity index (χ3v) is 3.69. The fourth-order valence-corrected chi connectivity index (χ4v) is 2.59. The number of halogens is 1. The van der Waals surface area contributed by atoms with Crippen molar-refractivity contribution in [3.63, 3.8) is 0 Å². The lowest BCUT2D eigenvalue weighted by Crippen LogP contribution is -2.42. The Labute approximate surface area is 119 Å². The number of nitrogens with zero attached hydrogens (tertiary/aromatic N) is 3. The third-order valence-electron chi connectivity index (χ3n) is 3.69. The van der Waals surface area contributed by atoms with Gasteiger partial charge in [-0.3, -0.25) is 9.59 Å². The molecule has 2 aromatic rings. The van der Waals surface area contributed by atoms with Gasteiger partial charge in [-0.05, 0) is 25.0 Å². The summed E-state index contributed by atoms with van der Waals surface area (Å²) in [6.07, 6.45) is 3.95. The Hall–Kier alpha value is -2.44. The molecular formula is C14H14FN3O3. The van der Waals surface area contributed by atoms with Crippen molar-refractivity contribution in [3.05, 3.63) is 36.0 Å². The molecule has 0 saturated carbocycles. The summed E-state index contributed by atoms with van der Waals surface area (Å²) in [6.45, 7) is 0.710. The fraction of sp³-hybridized carbons (Fsp3) is 0.357. The molecule has 3 rings (SSSR count). The van der Waals surface area contributed by atoms with Crippen molar-refractivity contribution in [2.24, 2.45) is 5.92 Å². The molecule has 6 nitrogen and oxygen atoms in total. The molecule has 110 valence electrons. The first-order valence-electron chi connectivity index (χ1n) is 6.71. The van der Waals surface area contributed by atoms with E-state index < -0.39 is 17.7 Å². The Morgan fingerprint density at radius 1 is 1.33 bits per heavy atom. The second-order valence-electron chi connectivity index (χ2n) is 5.17. The Morgan fingerprint density at radius 2 is 2.14 bits per heavy atom.